The van der Waals surface area contributed by atoms with Gasteiger partial charge in [0.05, 0.1) is 37.0 Å². The number of methoxy groups -OCH3 is 2. The Morgan fingerprint density at radius 1 is 1.00 bits per heavy atom. The molecule has 1 fully saturated rings. The van der Waals surface area contributed by atoms with E-state index in [9.17, 15) is 13.2 Å². The van der Waals surface area contributed by atoms with E-state index in [2.05, 4.69) is 4.98 Å². The van der Waals surface area contributed by atoms with Crippen LogP contribution >= 0.6 is 0 Å². The molecule has 2 aromatic carbocycles. The Balaban J connectivity index is 1.50. The zero-order chi connectivity index (χ0) is 31.4. The van der Waals surface area contributed by atoms with E-state index in [1.165, 1.54) is 29.3 Å². The topological polar surface area (TPSA) is 128 Å². The van der Waals surface area contributed by atoms with E-state index in [1.54, 1.807) is 37.9 Å². The molecule has 44 heavy (non-hydrogen) atoms. The van der Waals surface area contributed by atoms with Gasteiger partial charge < -0.3 is 19.2 Å². The normalized spacial score (nSPS) is 14.6. The molecule has 4 aromatic rings. The van der Waals surface area contributed by atoms with Gasteiger partial charge in [0.15, 0.2) is 22.8 Å². The molecule has 1 saturated carbocycles. The van der Waals surface area contributed by atoms with Gasteiger partial charge in [-0.1, -0.05) is 31.7 Å². The van der Waals surface area contributed by atoms with Crippen LogP contribution in [-0.4, -0.2) is 66.7 Å². The fourth-order valence-corrected chi connectivity index (χ4v) is 7.07. The monoisotopic (exact) mass is 623 g/mol. The fraction of sp³-hybridized carbons (Fsp3) is 0.469. The predicted molar refractivity (Wildman–Crippen MR) is 168 cm³/mol. The number of nitrogens with zero attached hydrogens (tertiary/aromatic N) is 4. The smallest absolute Gasteiger partial charge is 0.277 e. The zero-order valence-electron chi connectivity index (χ0n) is 26.1. The van der Waals surface area contributed by atoms with Crippen LogP contribution in [0.3, 0.4) is 0 Å². The number of H-pyrrole nitrogens is 1. The number of aromatic nitrogens is 4. The first-order chi connectivity index (χ1) is 21.2. The molecule has 1 aliphatic rings. The van der Waals surface area contributed by atoms with Gasteiger partial charge in [-0.3, -0.25) is 4.79 Å². The number of aryl methyl sites for hydroxylation is 1. The lowest BCUT2D eigenvalue weighted by Crippen LogP contribution is -2.29. The van der Waals surface area contributed by atoms with Crippen LogP contribution in [0.15, 0.2) is 46.1 Å². The van der Waals surface area contributed by atoms with E-state index in [-0.39, 0.29) is 28.7 Å². The van der Waals surface area contributed by atoms with E-state index in [0.29, 0.717) is 47.1 Å². The van der Waals surface area contributed by atoms with E-state index in [0.717, 1.165) is 37.1 Å². The Morgan fingerprint density at radius 2 is 1.70 bits per heavy atom. The Bertz CT molecular complexity index is 1790. The van der Waals surface area contributed by atoms with Crippen molar-refractivity contribution in [2.75, 3.05) is 34.4 Å². The third-order valence-corrected chi connectivity index (χ3v) is 10.2. The molecule has 236 valence electrons. The lowest BCUT2D eigenvalue weighted by molar-refractivity contribution is 0.341. The summed E-state index contributed by atoms with van der Waals surface area (Å²) < 4.78 is 47.0. The highest BCUT2D eigenvalue weighted by Gasteiger charge is 2.26. The molecule has 1 N–H and O–H groups in total. The molecular weight excluding hydrogens is 582 g/mol. The maximum absolute atomic E-state index is 13.7. The van der Waals surface area contributed by atoms with Crippen molar-refractivity contribution in [2.45, 2.75) is 69.6 Å². The summed E-state index contributed by atoms with van der Waals surface area (Å²) >= 11 is 0. The summed E-state index contributed by atoms with van der Waals surface area (Å²) in [6.45, 7) is 4.26. The Kier molecular flexibility index (Phi) is 9.59. The summed E-state index contributed by atoms with van der Waals surface area (Å²) in [6, 6.07) is 10.2. The first-order valence-corrected chi connectivity index (χ1v) is 16.6. The van der Waals surface area contributed by atoms with E-state index < -0.39 is 10.0 Å². The van der Waals surface area contributed by atoms with E-state index >= 15 is 0 Å². The summed E-state index contributed by atoms with van der Waals surface area (Å²) in [5.74, 6) is 2.83. The quantitative estimate of drug-likeness (QED) is 0.228. The Labute approximate surface area is 258 Å². The number of hydrogen-bond acceptors (Lipinski definition) is 8. The first kappa shape index (κ1) is 31.5. The number of likely N-dealkylation sites (N-methyl/N-ethyl adjacent to an activating group) is 1. The minimum Gasteiger partial charge on any atom is -0.493 e. The van der Waals surface area contributed by atoms with Gasteiger partial charge in [0.25, 0.3) is 5.56 Å². The van der Waals surface area contributed by atoms with Crippen molar-refractivity contribution in [1.82, 2.24) is 23.9 Å². The molecule has 11 nitrogen and oxygen atoms in total. The summed E-state index contributed by atoms with van der Waals surface area (Å²) in [5.41, 5.74) is 2.00. The van der Waals surface area contributed by atoms with Gasteiger partial charge in [0.1, 0.15) is 11.6 Å². The lowest BCUT2D eigenvalue weighted by Gasteiger charge is -2.19. The van der Waals surface area contributed by atoms with Crippen LogP contribution in [0.4, 0.5) is 0 Å². The Morgan fingerprint density at radius 3 is 2.39 bits per heavy atom. The second-order valence-electron chi connectivity index (χ2n) is 11.2. The van der Waals surface area contributed by atoms with Crippen LogP contribution in [0.2, 0.25) is 0 Å². The number of sulfonamides is 1. The van der Waals surface area contributed by atoms with Gasteiger partial charge in [0, 0.05) is 19.5 Å². The minimum atomic E-state index is -3.89. The third kappa shape index (κ3) is 6.32. The number of benzene rings is 2. The summed E-state index contributed by atoms with van der Waals surface area (Å²) in [4.78, 5) is 21.1. The van der Waals surface area contributed by atoms with Crippen LogP contribution in [-0.2, 0) is 16.4 Å². The molecule has 0 spiro atoms. The Hall–Kier alpha value is -3.90. The molecule has 1 aliphatic carbocycles. The molecule has 5 rings (SSSR count). The summed E-state index contributed by atoms with van der Waals surface area (Å²) in [5, 5.41) is 4.84. The molecule has 0 amide bonds. The maximum atomic E-state index is 13.7. The van der Waals surface area contributed by atoms with Crippen molar-refractivity contribution < 1.29 is 22.6 Å². The third-order valence-electron chi connectivity index (χ3n) is 8.30. The minimum absolute atomic E-state index is 0.0688. The number of rotatable bonds is 11. The number of imidazole rings is 1. The fourth-order valence-electron chi connectivity index (χ4n) is 5.88. The first-order valence-electron chi connectivity index (χ1n) is 15.1. The average Bonchev–Trinajstić information content (AvgIpc) is 3.17. The van der Waals surface area contributed by atoms with Gasteiger partial charge in [-0.15, -0.1) is 5.10 Å². The molecule has 0 radical (unpaired) electrons. The number of ether oxygens (including phenoxy) is 3. The summed E-state index contributed by atoms with van der Waals surface area (Å²) in [6.07, 6.45) is 7.08. The molecule has 2 heterocycles. The number of fused-ring (bicyclic) bond motifs is 1. The molecule has 0 bridgehead atoms. The second-order valence-corrected chi connectivity index (χ2v) is 13.2. The van der Waals surface area contributed by atoms with Crippen molar-refractivity contribution in [3.8, 4) is 28.6 Å². The van der Waals surface area contributed by atoms with Gasteiger partial charge >= 0.3 is 0 Å². The van der Waals surface area contributed by atoms with Gasteiger partial charge in [-0.25, -0.2) is 22.2 Å². The highest BCUT2D eigenvalue weighted by Crippen LogP contribution is 2.34. The largest absolute Gasteiger partial charge is 0.493 e. The maximum Gasteiger partial charge on any atom is 0.277 e. The molecule has 0 unspecified atom stereocenters. The van der Waals surface area contributed by atoms with Crippen molar-refractivity contribution in [3.63, 3.8) is 0 Å². The molecular formula is C32H41N5O6S. The van der Waals surface area contributed by atoms with Crippen LogP contribution < -0.4 is 19.8 Å². The van der Waals surface area contributed by atoms with E-state index in [4.69, 9.17) is 24.3 Å². The van der Waals surface area contributed by atoms with Crippen molar-refractivity contribution in [1.29, 1.82) is 0 Å². The molecule has 0 saturated heterocycles. The van der Waals surface area contributed by atoms with Crippen LogP contribution in [0, 0.1) is 6.92 Å². The highest BCUT2D eigenvalue weighted by molar-refractivity contribution is 7.89. The van der Waals surface area contributed by atoms with Crippen LogP contribution in [0.1, 0.15) is 68.4 Å². The van der Waals surface area contributed by atoms with Gasteiger partial charge in [-0.05, 0) is 69.0 Å². The number of nitrogens with one attached hydrogen (secondary N) is 1. The van der Waals surface area contributed by atoms with Crippen LogP contribution in [0.5, 0.6) is 17.2 Å². The van der Waals surface area contributed by atoms with E-state index in [1.807, 2.05) is 26.0 Å². The zero-order valence-corrected chi connectivity index (χ0v) is 26.9. The van der Waals surface area contributed by atoms with Gasteiger partial charge in [-0.2, -0.15) is 0 Å². The lowest BCUT2D eigenvalue weighted by atomic mass is 10.00. The van der Waals surface area contributed by atoms with Crippen molar-refractivity contribution in [2.24, 2.45) is 0 Å². The van der Waals surface area contributed by atoms with Crippen LogP contribution in [0.25, 0.3) is 16.9 Å². The summed E-state index contributed by atoms with van der Waals surface area (Å²) in [7, 11) is 0.785. The van der Waals surface area contributed by atoms with Crippen molar-refractivity contribution >= 4 is 15.5 Å². The number of aromatic amines is 1. The molecule has 12 heteroatoms. The second kappa shape index (κ2) is 13.4. The molecule has 0 atom stereocenters. The number of hydrogen-bond donors (Lipinski definition) is 1. The molecule has 2 aromatic heterocycles. The predicted octanol–water partition coefficient (Wildman–Crippen LogP) is 5.11. The standard InChI is InChI=1S/C32H41N5O6S/c1-6-43-26-16-14-24(44(39,40)36(3)18-17-22-13-15-27(41-4)28(19-22)42-5)20-25(26)30-34-32(38)29-21(2)33-31(37(29)35-30)23-11-9-7-8-10-12-23/h13-16,19-20,23H,6-12,17-18H2,1-5H3,(H,34,35,38). The SMILES string of the molecule is CCOc1ccc(S(=O)(=O)N(C)CCc2ccc(OC)c(OC)c2)cc1-c1nn2c(C3CCCCCC3)nc(C)c2c(=O)[nH]1. The van der Waals surface area contributed by atoms with Crippen molar-refractivity contribution in [3.05, 3.63) is 63.8 Å². The van der Waals surface area contributed by atoms with Gasteiger partial charge in [0.2, 0.25) is 10.0 Å². The molecule has 0 aliphatic heterocycles. The highest BCUT2D eigenvalue weighted by atomic mass is 32.2. The average molecular weight is 624 g/mol.